The number of hydrogen-bond acceptors (Lipinski definition) is 3. The minimum atomic E-state index is 0.310. The van der Waals surface area contributed by atoms with Gasteiger partial charge in [-0.2, -0.15) is 0 Å². The Balaban J connectivity index is 2.27. The van der Waals surface area contributed by atoms with Gasteiger partial charge in [-0.25, -0.2) is 0 Å². The zero-order chi connectivity index (χ0) is 15.0. The van der Waals surface area contributed by atoms with Gasteiger partial charge < -0.3 is 10.3 Å². The second kappa shape index (κ2) is 5.66. The molecule has 0 aliphatic heterocycles. The third-order valence-electron chi connectivity index (χ3n) is 3.24. The van der Waals surface area contributed by atoms with Crippen LogP contribution >= 0.6 is 31.9 Å². The molecular formula is C16H12Br2N2O. The van der Waals surface area contributed by atoms with Crippen LogP contribution in [-0.2, 0) is 0 Å². The van der Waals surface area contributed by atoms with Crippen LogP contribution in [0.1, 0.15) is 5.56 Å². The minimum Gasteiger partial charge on any atom is -0.367 e. The molecule has 0 atom stereocenters. The summed E-state index contributed by atoms with van der Waals surface area (Å²) in [5.74, 6) is 0.310. The number of aryl methyl sites for hydroxylation is 1. The summed E-state index contributed by atoms with van der Waals surface area (Å²) in [5.41, 5.74) is 10.6. The number of benzene rings is 2. The summed E-state index contributed by atoms with van der Waals surface area (Å²) in [6, 6.07) is 14.0. The van der Waals surface area contributed by atoms with E-state index in [0.29, 0.717) is 5.88 Å². The maximum absolute atomic E-state index is 6.00. The summed E-state index contributed by atoms with van der Waals surface area (Å²) in [6.45, 7) is 2.04. The number of nitrogens with zero attached hydrogens (tertiary/aromatic N) is 1. The van der Waals surface area contributed by atoms with Crippen LogP contribution < -0.4 is 5.73 Å². The van der Waals surface area contributed by atoms with Gasteiger partial charge in [0, 0.05) is 20.1 Å². The first-order valence-corrected chi connectivity index (χ1v) is 7.93. The van der Waals surface area contributed by atoms with Crippen LogP contribution in [0.5, 0.6) is 0 Å². The Kier molecular flexibility index (Phi) is 3.87. The van der Waals surface area contributed by atoms with Crippen molar-refractivity contribution in [3.8, 4) is 22.4 Å². The molecule has 0 bridgehead atoms. The van der Waals surface area contributed by atoms with Gasteiger partial charge in [0.25, 0.3) is 0 Å². The van der Waals surface area contributed by atoms with Crippen molar-refractivity contribution in [2.45, 2.75) is 6.92 Å². The molecule has 1 aromatic heterocycles. The Morgan fingerprint density at radius 2 is 1.71 bits per heavy atom. The predicted octanol–water partition coefficient (Wildman–Crippen LogP) is 5.42. The molecule has 2 N–H and O–H groups in total. The van der Waals surface area contributed by atoms with E-state index in [1.165, 1.54) is 0 Å². The Bertz CT molecular complexity index is 812. The molecule has 0 saturated heterocycles. The molecule has 0 unspecified atom stereocenters. The molecule has 3 aromatic rings. The molecular weight excluding hydrogens is 396 g/mol. The average molecular weight is 408 g/mol. The fourth-order valence-electron chi connectivity index (χ4n) is 2.23. The third kappa shape index (κ3) is 2.63. The molecule has 3 nitrogen and oxygen atoms in total. The van der Waals surface area contributed by atoms with Gasteiger partial charge in [-0.05, 0) is 25.1 Å². The maximum atomic E-state index is 6.00. The van der Waals surface area contributed by atoms with Crippen molar-refractivity contribution in [1.29, 1.82) is 0 Å². The fraction of sp³-hybridized carbons (Fsp3) is 0.0625. The van der Waals surface area contributed by atoms with Crippen LogP contribution in [0.2, 0.25) is 0 Å². The van der Waals surface area contributed by atoms with Crippen LogP contribution in [-0.4, -0.2) is 5.16 Å². The lowest BCUT2D eigenvalue weighted by Gasteiger charge is -2.07. The van der Waals surface area contributed by atoms with Crippen molar-refractivity contribution in [3.05, 3.63) is 57.0 Å². The fourth-order valence-corrected chi connectivity index (χ4v) is 3.15. The molecule has 0 radical (unpaired) electrons. The molecule has 0 aliphatic rings. The Labute approximate surface area is 139 Å². The van der Waals surface area contributed by atoms with Gasteiger partial charge in [0.1, 0.15) is 5.69 Å². The maximum Gasteiger partial charge on any atom is 0.230 e. The summed E-state index contributed by atoms with van der Waals surface area (Å²) in [4.78, 5) is 0. The van der Waals surface area contributed by atoms with Crippen molar-refractivity contribution < 1.29 is 4.52 Å². The van der Waals surface area contributed by atoms with Crippen molar-refractivity contribution >= 4 is 37.7 Å². The SMILES string of the molecule is Cc1ccc(Br)c(-c2noc(N)c2-c2ccccc2Br)c1. The van der Waals surface area contributed by atoms with Gasteiger partial charge in [-0.15, -0.1) is 0 Å². The van der Waals surface area contributed by atoms with Gasteiger partial charge >= 0.3 is 0 Å². The summed E-state index contributed by atoms with van der Waals surface area (Å²) >= 11 is 7.12. The van der Waals surface area contributed by atoms with Crippen molar-refractivity contribution in [3.63, 3.8) is 0 Å². The number of nitrogen functional groups attached to an aromatic ring is 1. The van der Waals surface area contributed by atoms with Crippen molar-refractivity contribution in [2.24, 2.45) is 0 Å². The van der Waals surface area contributed by atoms with Crippen molar-refractivity contribution in [2.75, 3.05) is 5.73 Å². The van der Waals surface area contributed by atoms with Gasteiger partial charge in [-0.3, -0.25) is 0 Å². The lowest BCUT2D eigenvalue weighted by atomic mass is 10.00. The van der Waals surface area contributed by atoms with E-state index in [2.05, 4.69) is 43.1 Å². The van der Waals surface area contributed by atoms with Gasteiger partial charge in [-0.1, -0.05) is 66.8 Å². The first kappa shape index (κ1) is 14.4. The number of hydrogen-bond donors (Lipinski definition) is 1. The smallest absolute Gasteiger partial charge is 0.230 e. The first-order chi connectivity index (χ1) is 10.1. The lowest BCUT2D eigenvalue weighted by Crippen LogP contribution is -1.90. The van der Waals surface area contributed by atoms with Crippen LogP contribution in [0.15, 0.2) is 55.9 Å². The highest BCUT2D eigenvalue weighted by Gasteiger charge is 2.20. The molecule has 21 heavy (non-hydrogen) atoms. The van der Waals surface area contributed by atoms with E-state index in [0.717, 1.165) is 36.9 Å². The molecule has 5 heteroatoms. The number of aromatic nitrogens is 1. The van der Waals surface area contributed by atoms with Crippen LogP contribution in [0, 0.1) is 6.92 Å². The van der Waals surface area contributed by atoms with E-state index in [1.54, 1.807) is 0 Å². The van der Waals surface area contributed by atoms with Gasteiger partial charge in [0.15, 0.2) is 0 Å². The largest absolute Gasteiger partial charge is 0.367 e. The minimum absolute atomic E-state index is 0.310. The number of anilines is 1. The molecule has 3 rings (SSSR count). The Hall–Kier alpha value is -1.59. The van der Waals surface area contributed by atoms with Crippen LogP contribution in [0.3, 0.4) is 0 Å². The molecule has 2 aromatic carbocycles. The zero-order valence-corrected chi connectivity index (χ0v) is 14.4. The third-order valence-corrected chi connectivity index (χ3v) is 4.62. The normalized spacial score (nSPS) is 10.8. The molecule has 0 saturated carbocycles. The van der Waals surface area contributed by atoms with E-state index in [-0.39, 0.29) is 0 Å². The van der Waals surface area contributed by atoms with E-state index in [1.807, 2.05) is 43.3 Å². The molecule has 0 aliphatic carbocycles. The Morgan fingerprint density at radius 1 is 1.00 bits per heavy atom. The lowest BCUT2D eigenvalue weighted by molar-refractivity contribution is 0.439. The Morgan fingerprint density at radius 3 is 2.48 bits per heavy atom. The van der Waals surface area contributed by atoms with E-state index < -0.39 is 0 Å². The second-order valence-electron chi connectivity index (χ2n) is 4.73. The van der Waals surface area contributed by atoms with E-state index in [9.17, 15) is 0 Å². The molecule has 0 fully saturated rings. The van der Waals surface area contributed by atoms with Crippen molar-refractivity contribution in [1.82, 2.24) is 5.16 Å². The van der Waals surface area contributed by atoms with Crippen LogP contribution in [0.4, 0.5) is 5.88 Å². The molecule has 0 spiro atoms. The zero-order valence-electron chi connectivity index (χ0n) is 11.2. The van der Waals surface area contributed by atoms with Gasteiger partial charge in [0.2, 0.25) is 5.88 Å². The summed E-state index contributed by atoms with van der Waals surface area (Å²) < 4.78 is 7.14. The first-order valence-electron chi connectivity index (χ1n) is 6.34. The molecule has 0 amide bonds. The summed E-state index contributed by atoms with van der Waals surface area (Å²) in [6.07, 6.45) is 0. The second-order valence-corrected chi connectivity index (χ2v) is 6.44. The van der Waals surface area contributed by atoms with E-state index >= 15 is 0 Å². The van der Waals surface area contributed by atoms with E-state index in [4.69, 9.17) is 10.3 Å². The monoisotopic (exact) mass is 406 g/mol. The molecule has 1 heterocycles. The number of rotatable bonds is 2. The summed E-state index contributed by atoms with van der Waals surface area (Å²) in [7, 11) is 0. The van der Waals surface area contributed by atoms with Gasteiger partial charge in [0.05, 0.1) is 5.56 Å². The summed E-state index contributed by atoms with van der Waals surface area (Å²) in [5, 5.41) is 4.15. The standard InChI is InChI=1S/C16H12Br2N2O/c1-9-6-7-13(18)11(8-9)15-14(16(19)21-20-15)10-4-2-3-5-12(10)17/h2-8H,19H2,1H3. The number of halogens is 2. The quantitative estimate of drug-likeness (QED) is 0.616. The van der Waals surface area contributed by atoms with Crippen LogP contribution in [0.25, 0.3) is 22.4 Å². The highest BCUT2D eigenvalue weighted by atomic mass is 79.9. The highest BCUT2D eigenvalue weighted by Crippen LogP contribution is 2.41. The predicted molar refractivity (Wildman–Crippen MR) is 91.9 cm³/mol. The average Bonchev–Trinajstić information content (AvgIpc) is 2.84. The highest BCUT2D eigenvalue weighted by molar-refractivity contribution is 9.11. The number of nitrogens with two attached hydrogens (primary N) is 1. The molecule has 106 valence electrons. The topological polar surface area (TPSA) is 52.0 Å².